The number of hydrogen-bond donors (Lipinski definition) is 1. The lowest BCUT2D eigenvalue weighted by atomic mass is 10.1. The van der Waals surface area contributed by atoms with Gasteiger partial charge in [-0.2, -0.15) is 0 Å². The highest BCUT2D eigenvalue weighted by Gasteiger charge is 2.22. The number of ether oxygens (including phenoxy) is 1. The molecule has 1 unspecified atom stereocenters. The zero-order chi connectivity index (χ0) is 13.9. The highest BCUT2D eigenvalue weighted by atomic mass is 35.5. The molecule has 1 N–H and O–H groups in total. The van der Waals surface area contributed by atoms with E-state index in [1.807, 2.05) is 42.2 Å². The Morgan fingerprint density at radius 2 is 2.40 bits per heavy atom. The molecule has 0 saturated heterocycles. The maximum absolute atomic E-state index is 5.99. The average Bonchev–Trinajstić information content (AvgIpc) is 3.00. The maximum atomic E-state index is 5.99. The predicted molar refractivity (Wildman–Crippen MR) is 79.4 cm³/mol. The van der Waals surface area contributed by atoms with Crippen LogP contribution >= 0.6 is 11.6 Å². The quantitative estimate of drug-likeness (QED) is 0.859. The summed E-state index contributed by atoms with van der Waals surface area (Å²) in [5.74, 6) is 2.06. The van der Waals surface area contributed by atoms with E-state index in [2.05, 4.69) is 10.3 Å². The van der Waals surface area contributed by atoms with Crippen LogP contribution in [0, 0.1) is 0 Å². The van der Waals surface area contributed by atoms with Crippen molar-refractivity contribution < 1.29 is 4.74 Å². The number of nitrogens with one attached hydrogen (secondary N) is 1. The summed E-state index contributed by atoms with van der Waals surface area (Å²) in [7, 11) is 2.02. The zero-order valence-corrected chi connectivity index (χ0v) is 12.2. The number of hydrogen-bond acceptors (Lipinski definition) is 3. The maximum Gasteiger partial charge on any atom is 0.123 e. The molecule has 0 fully saturated rings. The first-order valence-corrected chi connectivity index (χ1v) is 7.22. The molecule has 1 aromatic carbocycles. The van der Waals surface area contributed by atoms with Gasteiger partial charge in [0.2, 0.25) is 0 Å². The molecule has 5 heteroatoms. The van der Waals surface area contributed by atoms with Crippen LogP contribution in [0.2, 0.25) is 5.02 Å². The number of nitrogens with zero attached hydrogens (tertiary/aromatic N) is 2. The third-order valence-corrected chi connectivity index (χ3v) is 3.82. The molecule has 106 valence electrons. The molecule has 1 aromatic heterocycles. The Morgan fingerprint density at radius 3 is 3.20 bits per heavy atom. The van der Waals surface area contributed by atoms with E-state index in [0.29, 0.717) is 0 Å². The Balaban J connectivity index is 1.44. The minimum Gasteiger partial charge on any atom is -0.488 e. The summed E-state index contributed by atoms with van der Waals surface area (Å²) in [6, 6.07) is 5.81. The Bertz CT molecular complexity index is 597. The van der Waals surface area contributed by atoms with E-state index in [4.69, 9.17) is 16.3 Å². The summed E-state index contributed by atoms with van der Waals surface area (Å²) in [5, 5.41) is 4.20. The summed E-state index contributed by atoms with van der Waals surface area (Å²) in [6.07, 6.45) is 5.84. The minimum atomic E-state index is 0.199. The smallest absolute Gasteiger partial charge is 0.123 e. The van der Waals surface area contributed by atoms with Crippen molar-refractivity contribution in [1.29, 1.82) is 0 Å². The average molecular weight is 292 g/mol. The fourth-order valence-electron chi connectivity index (χ4n) is 2.50. The predicted octanol–water partition coefficient (Wildman–Crippen LogP) is 2.21. The Labute approximate surface area is 123 Å². The Kier molecular flexibility index (Phi) is 3.94. The molecule has 3 rings (SSSR count). The molecular formula is C15H18ClN3O. The minimum absolute atomic E-state index is 0.199. The summed E-state index contributed by atoms with van der Waals surface area (Å²) < 4.78 is 7.93. The largest absolute Gasteiger partial charge is 0.488 e. The van der Waals surface area contributed by atoms with Crippen molar-refractivity contribution in [3.63, 3.8) is 0 Å². The van der Waals surface area contributed by atoms with E-state index in [1.54, 1.807) is 0 Å². The second-order valence-electron chi connectivity index (χ2n) is 5.10. The van der Waals surface area contributed by atoms with Gasteiger partial charge in [-0.25, -0.2) is 4.98 Å². The van der Waals surface area contributed by atoms with Gasteiger partial charge in [-0.05, 0) is 23.8 Å². The first kappa shape index (κ1) is 13.5. The van der Waals surface area contributed by atoms with Gasteiger partial charge in [0.1, 0.15) is 17.7 Å². The number of imidazole rings is 1. The topological polar surface area (TPSA) is 39.1 Å². The third-order valence-electron chi connectivity index (χ3n) is 3.58. The number of benzene rings is 1. The monoisotopic (exact) mass is 291 g/mol. The zero-order valence-electron chi connectivity index (χ0n) is 11.5. The lowest BCUT2D eigenvalue weighted by Crippen LogP contribution is -2.31. The molecule has 1 aliphatic rings. The van der Waals surface area contributed by atoms with Gasteiger partial charge in [-0.15, -0.1) is 0 Å². The van der Waals surface area contributed by atoms with Crippen LogP contribution in [-0.4, -0.2) is 28.7 Å². The summed E-state index contributed by atoms with van der Waals surface area (Å²) in [5.41, 5.74) is 1.20. The van der Waals surface area contributed by atoms with Crippen LogP contribution in [0.5, 0.6) is 5.75 Å². The molecule has 0 bridgehead atoms. The second-order valence-corrected chi connectivity index (χ2v) is 5.54. The van der Waals surface area contributed by atoms with Crippen LogP contribution in [0.3, 0.4) is 0 Å². The summed E-state index contributed by atoms with van der Waals surface area (Å²) in [6.45, 7) is 1.75. The number of aromatic nitrogens is 2. The normalized spacial score (nSPS) is 17.0. The highest BCUT2D eigenvalue weighted by Crippen LogP contribution is 2.30. The standard InChI is InChI=1S/C15H18ClN3O/c1-19-7-6-18-15(19)4-5-17-10-13-9-11-8-12(16)2-3-14(11)20-13/h2-3,6-8,13,17H,4-5,9-10H2,1H3. The first-order chi connectivity index (χ1) is 9.72. The molecule has 2 aromatic rings. The Hall–Kier alpha value is -1.52. The van der Waals surface area contributed by atoms with Crippen molar-refractivity contribution in [2.75, 3.05) is 13.1 Å². The second kappa shape index (κ2) is 5.85. The summed E-state index contributed by atoms with van der Waals surface area (Å²) in [4.78, 5) is 4.30. The molecule has 1 aliphatic heterocycles. The van der Waals surface area contributed by atoms with Gasteiger partial charge in [0.25, 0.3) is 0 Å². The molecule has 1 atom stereocenters. The van der Waals surface area contributed by atoms with Gasteiger partial charge in [0.15, 0.2) is 0 Å². The molecule has 0 saturated carbocycles. The number of fused-ring (bicyclic) bond motifs is 1. The van der Waals surface area contributed by atoms with E-state index >= 15 is 0 Å². The van der Waals surface area contributed by atoms with Crippen molar-refractivity contribution in [3.8, 4) is 5.75 Å². The van der Waals surface area contributed by atoms with Gasteiger partial charge in [0, 0.05) is 50.4 Å². The van der Waals surface area contributed by atoms with Crippen LogP contribution in [-0.2, 0) is 19.9 Å². The van der Waals surface area contributed by atoms with Crippen molar-refractivity contribution >= 4 is 11.6 Å². The van der Waals surface area contributed by atoms with Crippen molar-refractivity contribution in [3.05, 3.63) is 47.0 Å². The number of aryl methyl sites for hydroxylation is 1. The molecule has 4 nitrogen and oxygen atoms in total. The van der Waals surface area contributed by atoms with Gasteiger partial charge >= 0.3 is 0 Å². The molecule has 0 spiro atoms. The fourth-order valence-corrected chi connectivity index (χ4v) is 2.70. The van der Waals surface area contributed by atoms with Gasteiger partial charge in [-0.3, -0.25) is 0 Å². The Morgan fingerprint density at radius 1 is 1.50 bits per heavy atom. The van der Waals surface area contributed by atoms with E-state index in [0.717, 1.165) is 42.5 Å². The van der Waals surface area contributed by atoms with Gasteiger partial charge < -0.3 is 14.6 Å². The van der Waals surface area contributed by atoms with Gasteiger partial charge in [-0.1, -0.05) is 11.6 Å². The third kappa shape index (κ3) is 2.97. The SMILES string of the molecule is Cn1ccnc1CCNCC1Cc2cc(Cl)ccc2O1. The van der Waals surface area contributed by atoms with Gasteiger partial charge in [0.05, 0.1) is 0 Å². The lowest BCUT2D eigenvalue weighted by molar-refractivity contribution is 0.228. The number of halogens is 1. The van der Waals surface area contributed by atoms with Crippen molar-refractivity contribution in [1.82, 2.24) is 14.9 Å². The molecule has 0 aliphatic carbocycles. The molecule has 0 radical (unpaired) electrons. The molecule has 0 amide bonds. The van der Waals surface area contributed by atoms with Crippen LogP contribution in [0.15, 0.2) is 30.6 Å². The molecule has 20 heavy (non-hydrogen) atoms. The summed E-state index contributed by atoms with van der Waals surface area (Å²) >= 11 is 5.99. The van der Waals surface area contributed by atoms with Crippen molar-refractivity contribution in [2.45, 2.75) is 18.9 Å². The lowest BCUT2D eigenvalue weighted by Gasteiger charge is -2.11. The molecular weight excluding hydrogens is 274 g/mol. The first-order valence-electron chi connectivity index (χ1n) is 6.84. The van der Waals surface area contributed by atoms with Crippen molar-refractivity contribution in [2.24, 2.45) is 7.05 Å². The van der Waals surface area contributed by atoms with E-state index in [9.17, 15) is 0 Å². The van der Waals surface area contributed by atoms with Crippen LogP contribution in [0.4, 0.5) is 0 Å². The highest BCUT2D eigenvalue weighted by molar-refractivity contribution is 6.30. The van der Waals surface area contributed by atoms with E-state index in [-0.39, 0.29) is 6.10 Å². The van der Waals surface area contributed by atoms with Crippen LogP contribution in [0.1, 0.15) is 11.4 Å². The number of rotatable bonds is 5. The van der Waals surface area contributed by atoms with Crippen LogP contribution < -0.4 is 10.1 Å². The fraction of sp³-hybridized carbons (Fsp3) is 0.400. The van der Waals surface area contributed by atoms with E-state index < -0.39 is 0 Å². The van der Waals surface area contributed by atoms with Crippen LogP contribution in [0.25, 0.3) is 0 Å². The molecule has 2 heterocycles. The van der Waals surface area contributed by atoms with E-state index in [1.165, 1.54) is 5.56 Å².